The molecule has 1 aromatic carbocycles. The van der Waals surface area contributed by atoms with Crippen LogP contribution in [0.2, 0.25) is 0 Å². The van der Waals surface area contributed by atoms with E-state index < -0.39 is 11.7 Å². The summed E-state index contributed by atoms with van der Waals surface area (Å²) in [4.78, 5) is 16.5. The summed E-state index contributed by atoms with van der Waals surface area (Å²) in [7, 11) is 0. The Labute approximate surface area is 146 Å². The fourth-order valence-electron chi connectivity index (χ4n) is 3.74. The number of nitrogens with zero attached hydrogens (tertiary/aromatic N) is 2. The molecule has 2 fully saturated rings. The Balaban J connectivity index is 1.54. The number of hydrogen-bond donors (Lipinski definition) is 1. The number of alkyl halides is 3. The Bertz CT molecular complexity index is 599. The second-order valence-electron chi connectivity index (χ2n) is 6.80. The Morgan fingerprint density at radius 3 is 2.56 bits per heavy atom. The van der Waals surface area contributed by atoms with Crippen molar-refractivity contribution in [3.63, 3.8) is 0 Å². The normalized spacial score (nSPS) is 22.2. The quantitative estimate of drug-likeness (QED) is 0.901. The van der Waals surface area contributed by atoms with Crippen LogP contribution in [0, 0.1) is 0 Å². The molecule has 1 aromatic rings. The molecule has 0 aromatic heterocycles. The van der Waals surface area contributed by atoms with E-state index in [-0.39, 0.29) is 18.1 Å². The number of amides is 2. The van der Waals surface area contributed by atoms with Crippen LogP contribution in [0.1, 0.15) is 36.8 Å². The van der Waals surface area contributed by atoms with Crippen molar-refractivity contribution in [3.05, 3.63) is 35.4 Å². The van der Waals surface area contributed by atoms with Crippen molar-refractivity contribution in [2.45, 2.75) is 44.4 Å². The zero-order valence-electron chi connectivity index (χ0n) is 14.2. The Hall–Kier alpha value is -1.76. The first-order valence-electron chi connectivity index (χ1n) is 8.87. The van der Waals surface area contributed by atoms with Gasteiger partial charge < -0.3 is 10.2 Å². The minimum absolute atomic E-state index is 0.0927. The number of halogens is 3. The zero-order valence-corrected chi connectivity index (χ0v) is 14.2. The molecule has 2 heterocycles. The summed E-state index contributed by atoms with van der Waals surface area (Å²) in [5, 5.41) is 2.65. The molecule has 4 nitrogen and oxygen atoms in total. The first-order valence-corrected chi connectivity index (χ1v) is 8.87. The molecule has 1 unspecified atom stereocenters. The Kier molecular flexibility index (Phi) is 5.51. The summed E-state index contributed by atoms with van der Waals surface area (Å²) in [6.07, 6.45) is 0.209. The summed E-state index contributed by atoms with van der Waals surface area (Å²) in [5.41, 5.74) is -0.599. The van der Waals surface area contributed by atoms with Crippen molar-refractivity contribution in [2.24, 2.45) is 0 Å². The van der Waals surface area contributed by atoms with Gasteiger partial charge in [0.25, 0.3) is 0 Å². The van der Waals surface area contributed by atoms with Gasteiger partial charge in [0.05, 0.1) is 5.56 Å². The van der Waals surface area contributed by atoms with Gasteiger partial charge >= 0.3 is 12.2 Å². The first kappa shape index (κ1) is 18.0. The van der Waals surface area contributed by atoms with E-state index in [0.717, 1.165) is 25.6 Å². The second-order valence-corrected chi connectivity index (χ2v) is 6.80. The van der Waals surface area contributed by atoms with Gasteiger partial charge in [-0.25, -0.2) is 4.79 Å². The highest BCUT2D eigenvalue weighted by molar-refractivity contribution is 5.74. The smallest absolute Gasteiger partial charge is 0.334 e. The lowest BCUT2D eigenvalue weighted by atomic mass is 10.1. The average Bonchev–Trinajstić information content (AvgIpc) is 3.10. The highest BCUT2D eigenvalue weighted by atomic mass is 19.4. The maximum Gasteiger partial charge on any atom is 0.416 e. The van der Waals surface area contributed by atoms with Crippen LogP contribution in [0.5, 0.6) is 0 Å². The van der Waals surface area contributed by atoms with Crippen LogP contribution in [-0.4, -0.2) is 48.1 Å². The number of nitrogens with one attached hydrogen (secondary N) is 1. The molecule has 0 aliphatic carbocycles. The molecular weight excluding hydrogens is 331 g/mol. The molecule has 2 saturated heterocycles. The summed E-state index contributed by atoms with van der Waals surface area (Å²) in [5.74, 6) is 0. The lowest BCUT2D eigenvalue weighted by Crippen LogP contribution is -2.43. The Morgan fingerprint density at radius 2 is 1.84 bits per heavy atom. The predicted molar refractivity (Wildman–Crippen MR) is 89.1 cm³/mol. The molecule has 7 heteroatoms. The molecule has 0 saturated carbocycles. The molecule has 0 radical (unpaired) electrons. The largest absolute Gasteiger partial charge is 0.416 e. The van der Waals surface area contributed by atoms with Gasteiger partial charge in [-0.1, -0.05) is 24.6 Å². The van der Waals surface area contributed by atoms with Crippen LogP contribution < -0.4 is 5.32 Å². The number of carbonyl (C=O) groups excluding carboxylic acids is 1. The highest BCUT2D eigenvalue weighted by Gasteiger charge is 2.34. The fraction of sp³-hybridized carbons (Fsp3) is 0.611. The third-order valence-electron chi connectivity index (χ3n) is 5.11. The van der Waals surface area contributed by atoms with Crippen LogP contribution in [0.3, 0.4) is 0 Å². The molecule has 1 N–H and O–H groups in total. The monoisotopic (exact) mass is 355 g/mol. The molecule has 2 aliphatic rings. The summed E-state index contributed by atoms with van der Waals surface area (Å²) >= 11 is 0. The van der Waals surface area contributed by atoms with Gasteiger partial charge in [-0.15, -0.1) is 0 Å². The van der Waals surface area contributed by atoms with Crippen LogP contribution in [-0.2, 0) is 12.7 Å². The Morgan fingerprint density at radius 1 is 1.12 bits per heavy atom. The average molecular weight is 355 g/mol. The second kappa shape index (κ2) is 7.64. The van der Waals surface area contributed by atoms with Crippen LogP contribution >= 0.6 is 0 Å². The maximum atomic E-state index is 13.0. The van der Waals surface area contributed by atoms with Crippen molar-refractivity contribution in [3.8, 4) is 0 Å². The van der Waals surface area contributed by atoms with E-state index in [9.17, 15) is 18.0 Å². The lowest BCUT2D eigenvalue weighted by Gasteiger charge is -2.32. The van der Waals surface area contributed by atoms with E-state index in [1.165, 1.54) is 31.4 Å². The molecule has 25 heavy (non-hydrogen) atoms. The summed E-state index contributed by atoms with van der Waals surface area (Å²) in [6.45, 7) is 3.37. The first-order chi connectivity index (χ1) is 11.9. The van der Waals surface area contributed by atoms with E-state index >= 15 is 0 Å². The number of benzene rings is 1. The van der Waals surface area contributed by atoms with Crippen LogP contribution in [0.4, 0.5) is 18.0 Å². The van der Waals surface area contributed by atoms with Crippen molar-refractivity contribution < 1.29 is 18.0 Å². The molecule has 0 bridgehead atoms. The predicted octanol–water partition coefficient (Wildman–Crippen LogP) is 3.48. The molecule has 0 spiro atoms. The third-order valence-corrected chi connectivity index (χ3v) is 5.11. The van der Waals surface area contributed by atoms with Gasteiger partial charge in [0.1, 0.15) is 0 Å². The number of piperidine rings is 1. The van der Waals surface area contributed by atoms with E-state index in [1.807, 2.05) is 0 Å². The molecule has 1 atom stereocenters. The van der Waals surface area contributed by atoms with Crippen molar-refractivity contribution in [2.75, 3.05) is 26.2 Å². The minimum Gasteiger partial charge on any atom is -0.334 e. The van der Waals surface area contributed by atoms with Crippen molar-refractivity contribution in [1.29, 1.82) is 0 Å². The van der Waals surface area contributed by atoms with E-state index in [1.54, 1.807) is 11.0 Å². The van der Waals surface area contributed by atoms with E-state index in [0.29, 0.717) is 19.1 Å². The van der Waals surface area contributed by atoms with Gasteiger partial charge in [0.15, 0.2) is 0 Å². The number of rotatable bonds is 3. The molecule has 3 rings (SSSR count). The number of likely N-dealkylation sites (tertiary alicyclic amines) is 2. The minimum atomic E-state index is -4.41. The zero-order chi connectivity index (χ0) is 17.9. The maximum absolute atomic E-state index is 13.0. The van der Waals surface area contributed by atoms with Gasteiger partial charge in [0, 0.05) is 25.7 Å². The van der Waals surface area contributed by atoms with Gasteiger partial charge in [-0.3, -0.25) is 4.90 Å². The fourth-order valence-corrected chi connectivity index (χ4v) is 3.74. The molecule has 138 valence electrons. The molecule has 2 amide bonds. The van der Waals surface area contributed by atoms with Gasteiger partial charge in [-0.05, 0) is 44.0 Å². The highest BCUT2D eigenvalue weighted by Crippen LogP contribution is 2.31. The third kappa shape index (κ3) is 4.45. The van der Waals surface area contributed by atoms with Crippen LogP contribution in [0.15, 0.2) is 24.3 Å². The number of urea groups is 1. The van der Waals surface area contributed by atoms with E-state index in [2.05, 4.69) is 10.2 Å². The standard InChI is InChI=1S/C18H24F3N3O/c19-18(20,21)16-7-3-2-6-14(16)12-22-17(25)24-11-8-15(13-24)23-9-4-1-5-10-23/h2-3,6-7,15H,1,4-5,8-13H2,(H,22,25). The topological polar surface area (TPSA) is 35.6 Å². The summed E-state index contributed by atoms with van der Waals surface area (Å²) in [6, 6.07) is 5.47. The number of hydrogen-bond acceptors (Lipinski definition) is 2. The number of carbonyl (C=O) groups is 1. The van der Waals surface area contributed by atoms with E-state index in [4.69, 9.17) is 0 Å². The SMILES string of the molecule is O=C(NCc1ccccc1C(F)(F)F)N1CCC(N2CCCCC2)C1. The molecule has 2 aliphatic heterocycles. The summed E-state index contributed by atoms with van der Waals surface area (Å²) < 4.78 is 39.0. The van der Waals surface area contributed by atoms with Crippen LogP contribution in [0.25, 0.3) is 0 Å². The lowest BCUT2D eigenvalue weighted by molar-refractivity contribution is -0.138. The molecular formula is C18H24F3N3O. The van der Waals surface area contributed by atoms with Gasteiger partial charge in [-0.2, -0.15) is 13.2 Å². The van der Waals surface area contributed by atoms with Crippen molar-refractivity contribution in [1.82, 2.24) is 15.1 Å². The van der Waals surface area contributed by atoms with Gasteiger partial charge in [0.2, 0.25) is 0 Å². The van der Waals surface area contributed by atoms with Crippen molar-refractivity contribution >= 4 is 6.03 Å².